The number of aliphatic hydroxyl groups excluding tert-OH is 3. The molecule has 3 N–H and O–H groups in total. The van der Waals surface area contributed by atoms with Crippen LogP contribution in [0.4, 0.5) is 0 Å². The summed E-state index contributed by atoms with van der Waals surface area (Å²) in [7, 11) is 0. The maximum Gasteiger partial charge on any atom is 0.0811 e. The zero-order valence-electron chi connectivity index (χ0n) is 19.3. The van der Waals surface area contributed by atoms with Gasteiger partial charge in [-0.1, -0.05) is 45.1 Å². The smallest absolute Gasteiger partial charge is 0.0811 e. The minimum absolute atomic E-state index is 0.148. The Bertz CT molecular complexity index is 679. The highest BCUT2D eigenvalue weighted by molar-refractivity contribution is 5.38. The molecule has 0 radical (unpaired) electrons. The van der Waals surface area contributed by atoms with Crippen LogP contribution in [0, 0.1) is 23.2 Å². The average Bonchev–Trinajstić information content (AvgIpc) is 3.04. The largest absolute Gasteiger partial charge is 0.393 e. The second-order valence-electron chi connectivity index (χ2n) is 10.5. The fraction of sp³-hybridized carbons (Fsp3) is 0.769. The molecule has 0 aromatic heterocycles. The fourth-order valence-electron chi connectivity index (χ4n) is 6.07. The maximum absolute atomic E-state index is 10.1. The van der Waals surface area contributed by atoms with Crippen molar-refractivity contribution >= 4 is 0 Å². The molecule has 0 aromatic carbocycles. The zero-order chi connectivity index (χ0) is 22.1. The van der Waals surface area contributed by atoms with Gasteiger partial charge in [-0.2, -0.15) is 0 Å². The highest BCUT2D eigenvalue weighted by Gasteiger charge is 2.51. The van der Waals surface area contributed by atoms with Crippen LogP contribution < -0.4 is 0 Å². The van der Waals surface area contributed by atoms with E-state index >= 15 is 0 Å². The number of allylic oxidation sites excluding steroid dienone is 3. The molecule has 0 unspecified atom stereocenters. The van der Waals surface area contributed by atoms with Crippen molar-refractivity contribution in [3.63, 3.8) is 0 Å². The van der Waals surface area contributed by atoms with Crippen molar-refractivity contribution in [3.05, 3.63) is 35.5 Å². The van der Waals surface area contributed by atoms with Gasteiger partial charge in [-0.3, -0.25) is 0 Å². The summed E-state index contributed by atoms with van der Waals surface area (Å²) in [5.74, 6) is 1.28. The van der Waals surface area contributed by atoms with E-state index in [1.165, 1.54) is 24.8 Å². The molecule has 7 atom stereocenters. The van der Waals surface area contributed by atoms with E-state index in [9.17, 15) is 15.3 Å². The maximum atomic E-state index is 10.1. The Balaban J connectivity index is 1.72. The van der Waals surface area contributed by atoms with Gasteiger partial charge in [-0.25, -0.2) is 0 Å². The standard InChI is InChI=1S/C26H42O4/c1-16(2)25(29)15-30-18(4)22-10-11-23-19(7-6-12-26(22,23)5)8-9-20-13-21(27)14-24(28)17(20)3/h8-9,16,18,21-25,27-29H,3,6-7,10-15H2,1-2,4-5H3/b19-8+,20-9+/t18-,21+,22+,23-,24-,25+,26+/m0/s1. The van der Waals surface area contributed by atoms with Gasteiger partial charge in [0.2, 0.25) is 0 Å². The Morgan fingerprint density at radius 1 is 1.20 bits per heavy atom. The van der Waals surface area contributed by atoms with E-state index in [0.717, 1.165) is 24.0 Å². The number of hydrogen-bond donors (Lipinski definition) is 3. The van der Waals surface area contributed by atoms with Crippen molar-refractivity contribution in [1.29, 1.82) is 0 Å². The quantitative estimate of drug-likeness (QED) is 0.592. The minimum Gasteiger partial charge on any atom is -0.393 e. The van der Waals surface area contributed by atoms with Crippen LogP contribution in [-0.4, -0.2) is 46.3 Å². The molecule has 4 nitrogen and oxygen atoms in total. The molecule has 0 spiro atoms. The number of rotatable bonds is 6. The summed E-state index contributed by atoms with van der Waals surface area (Å²) in [6, 6.07) is 0. The van der Waals surface area contributed by atoms with Crippen molar-refractivity contribution in [2.75, 3.05) is 6.61 Å². The van der Waals surface area contributed by atoms with Gasteiger partial charge in [0, 0.05) is 6.42 Å². The fourth-order valence-corrected chi connectivity index (χ4v) is 6.07. The highest BCUT2D eigenvalue weighted by Crippen LogP contribution is 2.58. The molecule has 170 valence electrons. The molecule has 0 saturated heterocycles. The molecular formula is C26H42O4. The summed E-state index contributed by atoms with van der Waals surface area (Å²) in [5, 5.41) is 30.3. The van der Waals surface area contributed by atoms with Crippen LogP contribution in [0.2, 0.25) is 0 Å². The van der Waals surface area contributed by atoms with E-state index in [2.05, 4.69) is 32.6 Å². The molecule has 4 heteroatoms. The number of fused-ring (bicyclic) bond motifs is 1. The van der Waals surface area contributed by atoms with Gasteiger partial charge in [0.25, 0.3) is 0 Å². The SMILES string of the molecule is C=C1/C(=C/C=C2\CCC[C@]3(C)[C@@H]([C@H](C)OC[C@@H](O)C(C)C)CC[C@@H]23)C[C@@H](O)C[C@@H]1O. The van der Waals surface area contributed by atoms with Gasteiger partial charge < -0.3 is 20.1 Å². The molecule has 3 rings (SSSR count). The first-order valence-corrected chi connectivity index (χ1v) is 11.9. The summed E-state index contributed by atoms with van der Waals surface area (Å²) < 4.78 is 6.14. The molecule has 0 aromatic rings. The summed E-state index contributed by atoms with van der Waals surface area (Å²) in [4.78, 5) is 0. The third kappa shape index (κ3) is 4.93. The zero-order valence-corrected chi connectivity index (χ0v) is 19.3. The van der Waals surface area contributed by atoms with E-state index in [-0.39, 0.29) is 17.4 Å². The van der Waals surface area contributed by atoms with Crippen molar-refractivity contribution in [3.8, 4) is 0 Å². The van der Waals surface area contributed by atoms with Gasteiger partial charge in [-0.05, 0) is 79.8 Å². The summed E-state index contributed by atoms with van der Waals surface area (Å²) >= 11 is 0. The van der Waals surface area contributed by atoms with E-state index in [4.69, 9.17) is 4.74 Å². The molecule has 0 heterocycles. The normalized spacial score (nSPS) is 39.5. The van der Waals surface area contributed by atoms with E-state index < -0.39 is 18.3 Å². The van der Waals surface area contributed by atoms with Crippen LogP contribution in [0.15, 0.2) is 35.5 Å². The summed E-state index contributed by atoms with van der Waals surface area (Å²) in [6.07, 6.45) is 9.82. The Morgan fingerprint density at radius 3 is 2.63 bits per heavy atom. The van der Waals surface area contributed by atoms with Gasteiger partial charge in [0.15, 0.2) is 0 Å². The molecule has 0 aliphatic heterocycles. The lowest BCUT2D eigenvalue weighted by molar-refractivity contribution is -0.0651. The Kier molecular flexibility index (Phi) is 7.66. The second kappa shape index (κ2) is 9.68. The Labute approximate surface area is 182 Å². The Hall–Kier alpha value is -0.940. The Morgan fingerprint density at radius 2 is 1.93 bits per heavy atom. The highest BCUT2D eigenvalue weighted by atomic mass is 16.5. The summed E-state index contributed by atoms with van der Waals surface area (Å²) in [5.41, 5.74) is 3.46. The lowest BCUT2D eigenvalue weighted by Crippen LogP contribution is -2.39. The van der Waals surface area contributed by atoms with Crippen molar-refractivity contribution in [1.82, 2.24) is 0 Å². The van der Waals surface area contributed by atoms with E-state index in [0.29, 0.717) is 31.3 Å². The molecule has 30 heavy (non-hydrogen) atoms. The third-order valence-corrected chi connectivity index (χ3v) is 8.17. The van der Waals surface area contributed by atoms with Crippen molar-refractivity contribution in [2.45, 2.75) is 97.1 Å². The van der Waals surface area contributed by atoms with Gasteiger partial charge in [0.1, 0.15) is 0 Å². The second-order valence-corrected chi connectivity index (χ2v) is 10.5. The first kappa shape index (κ1) is 23.7. The third-order valence-electron chi connectivity index (χ3n) is 8.17. The topological polar surface area (TPSA) is 69.9 Å². The van der Waals surface area contributed by atoms with Crippen molar-refractivity contribution < 1.29 is 20.1 Å². The first-order chi connectivity index (χ1) is 14.1. The van der Waals surface area contributed by atoms with Crippen LogP contribution in [0.1, 0.15) is 72.6 Å². The monoisotopic (exact) mass is 418 g/mol. The van der Waals surface area contributed by atoms with Crippen LogP contribution >= 0.6 is 0 Å². The van der Waals surface area contributed by atoms with Crippen LogP contribution in [0.3, 0.4) is 0 Å². The van der Waals surface area contributed by atoms with E-state index in [1.54, 1.807) is 0 Å². The van der Waals surface area contributed by atoms with Crippen LogP contribution in [-0.2, 0) is 4.74 Å². The lowest BCUT2D eigenvalue weighted by Gasteiger charge is -2.44. The molecule has 3 aliphatic rings. The molecule has 3 aliphatic carbocycles. The molecule has 0 amide bonds. The predicted octanol–water partition coefficient (Wildman–Crippen LogP) is 4.55. The number of ether oxygens (including phenoxy) is 1. The van der Waals surface area contributed by atoms with Gasteiger partial charge in [0.05, 0.1) is 31.0 Å². The molecular weight excluding hydrogens is 376 g/mol. The summed E-state index contributed by atoms with van der Waals surface area (Å²) in [6.45, 7) is 13.1. The lowest BCUT2D eigenvalue weighted by atomic mass is 9.62. The van der Waals surface area contributed by atoms with E-state index in [1.807, 2.05) is 13.8 Å². The molecule has 3 saturated carbocycles. The molecule has 0 bridgehead atoms. The first-order valence-electron chi connectivity index (χ1n) is 11.9. The van der Waals surface area contributed by atoms with Crippen LogP contribution in [0.5, 0.6) is 0 Å². The number of aliphatic hydroxyl groups is 3. The van der Waals surface area contributed by atoms with Crippen molar-refractivity contribution in [2.24, 2.45) is 23.2 Å². The van der Waals surface area contributed by atoms with Crippen LogP contribution in [0.25, 0.3) is 0 Å². The predicted molar refractivity (Wildman–Crippen MR) is 121 cm³/mol. The minimum atomic E-state index is -0.634. The number of hydrogen-bond acceptors (Lipinski definition) is 4. The van der Waals surface area contributed by atoms with Gasteiger partial charge >= 0.3 is 0 Å². The molecule has 3 fully saturated rings. The average molecular weight is 419 g/mol. The van der Waals surface area contributed by atoms with Gasteiger partial charge in [-0.15, -0.1) is 0 Å².